The van der Waals surface area contributed by atoms with Crippen LogP contribution >= 0.6 is 11.8 Å². The number of rotatable bonds is 3. The second-order valence-corrected chi connectivity index (χ2v) is 6.83. The molecule has 0 atom stereocenters. The third-order valence-electron chi connectivity index (χ3n) is 4.18. The topological polar surface area (TPSA) is 50.4 Å². The summed E-state index contributed by atoms with van der Waals surface area (Å²) in [5.74, 6) is -1.36. The van der Waals surface area contributed by atoms with Crippen LogP contribution in [-0.2, 0) is 18.6 Å². The Labute approximate surface area is 141 Å². The highest BCUT2D eigenvalue weighted by Crippen LogP contribution is 2.30. The summed E-state index contributed by atoms with van der Waals surface area (Å²) in [4.78, 5) is 4.81. The van der Waals surface area contributed by atoms with Gasteiger partial charge in [-0.2, -0.15) is 9.61 Å². The van der Waals surface area contributed by atoms with Crippen LogP contribution < -0.4 is 0 Å². The van der Waals surface area contributed by atoms with E-state index in [1.165, 1.54) is 22.7 Å². The summed E-state index contributed by atoms with van der Waals surface area (Å²) in [5.41, 5.74) is 3.35. The highest BCUT2D eigenvalue weighted by molar-refractivity contribution is 7.98. The Balaban J connectivity index is 1.66. The van der Waals surface area contributed by atoms with E-state index >= 15 is 0 Å². The van der Waals surface area contributed by atoms with Crippen molar-refractivity contribution in [2.75, 3.05) is 0 Å². The molecule has 0 radical (unpaired) electrons. The van der Waals surface area contributed by atoms with Gasteiger partial charge in [-0.1, -0.05) is 6.07 Å². The minimum Gasteiger partial charge on any atom is -0.493 e. The van der Waals surface area contributed by atoms with Crippen LogP contribution in [0.25, 0.3) is 5.65 Å². The van der Waals surface area contributed by atoms with Crippen LogP contribution in [0, 0.1) is 11.6 Å². The van der Waals surface area contributed by atoms with Gasteiger partial charge in [-0.25, -0.2) is 13.8 Å². The first-order chi connectivity index (χ1) is 11.6. The molecule has 24 heavy (non-hydrogen) atoms. The van der Waals surface area contributed by atoms with Crippen molar-refractivity contribution in [3.05, 3.63) is 52.9 Å². The lowest BCUT2D eigenvalue weighted by Crippen LogP contribution is -2.01. The summed E-state index contributed by atoms with van der Waals surface area (Å²) in [6, 6.07) is 5.62. The third-order valence-corrected chi connectivity index (χ3v) is 5.25. The molecule has 0 spiro atoms. The van der Waals surface area contributed by atoms with Gasteiger partial charge in [0.05, 0.1) is 11.4 Å². The second kappa shape index (κ2) is 6.05. The van der Waals surface area contributed by atoms with Crippen LogP contribution in [0.1, 0.15) is 29.8 Å². The molecule has 2 aromatic heterocycles. The molecule has 4 rings (SSSR count). The summed E-state index contributed by atoms with van der Waals surface area (Å²) >= 11 is 1.15. The van der Waals surface area contributed by atoms with Crippen molar-refractivity contribution >= 4 is 17.4 Å². The van der Waals surface area contributed by atoms with Gasteiger partial charge in [-0.15, -0.1) is 11.8 Å². The number of nitrogens with zero attached hydrogens (tertiary/aromatic N) is 3. The number of thioether (sulfide) groups is 1. The monoisotopic (exact) mass is 347 g/mol. The molecular formula is C17H15F2N3OS. The molecule has 0 unspecified atom stereocenters. The fourth-order valence-electron chi connectivity index (χ4n) is 3.01. The first-order valence-electron chi connectivity index (χ1n) is 7.79. The molecule has 0 saturated heterocycles. The number of halogens is 2. The van der Waals surface area contributed by atoms with Crippen LogP contribution in [0.2, 0.25) is 0 Å². The van der Waals surface area contributed by atoms with Crippen molar-refractivity contribution < 1.29 is 13.9 Å². The molecular weight excluding hydrogens is 332 g/mol. The van der Waals surface area contributed by atoms with Crippen molar-refractivity contribution in [3.8, 4) is 5.88 Å². The lowest BCUT2D eigenvalue weighted by Gasteiger charge is -2.08. The van der Waals surface area contributed by atoms with E-state index in [1.54, 1.807) is 0 Å². The molecule has 0 aliphatic heterocycles. The van der Waals surface area contributed by atoms with E-state index in [0.717, 1.165) is 54.8 Å². The number of aryl methyl sites for hydroxylation is 2. The SMILES string of the molecule is Oc1cc(CSc2cccc(F)c2F)nc2c3c(nn12)CCCC3. The second-order valence-electron chi connectivity index (χ2n) is 5.81. The normalized spacial score (nSPS) is 14.1. The van der Waals surface area contributed by atoms with E-state index in [9.17, 15) is 13.9 Å². The number of fused-ring (bicyclic) bond motifs is 3. The zero-order chi connectivity index (χ0) is 16.7. The maximum atomic E-state index is 13.7. The smallest absolute Gasteiger partial charge is 0.215 e. The lowest BCUT2D eigenvalue weighted by atomic mass is 9.98. The molecule has 124 valence electrons. The van der Waals surface area contributed by atoms with Crippen molar-refractivity contribution in [2.24, 2.45) is 0 Å². The molecule has 1 N–H and O–H groups in total. The van der Waals surface area contributed by atoms with Gasteiger partial charge < -0.3 is 5.11 Å². The molecule has 7 heteroatoms. The van der Waals surface area contributed by atoms with Crippen molar-refractivity contribution in [1.82, 2.24) is 14.6 Å². The van der Waals surface area contributed by atoms with Crippen LogP contribution in [0.5, 0.6) is 5.88 Å². The molecule has 2 heterocycles. The van der Waals surface area contributed by atoms with Crippen LogP contribution in [0.3, 0.4) is 0 Å². The fourth-order valence-corrected chi connectivity index (χ4v) is 3.86. The van der Waals surface area contributed by atoms with Crippen molar-refractivity contribution in [2.45, 2.75) is 36.3 Å². The summed E-state index contributed by atoms with van der Waals surface area (Å²) in [5, 5.41) is 14.6. The standard InChI is InChI=1S/C17H15F2N3OS/c18-12-5-3-7-14(16(12)19)24-9-10-8-15(23)22-17(20-10)11-4-1-2-6-13(11)21-22/h3,5,7-8,23H,1-2,4,6,9H2. The van der Waals surface area contributed by atoms with E-state index in [4.69, 9.17) is 0 Å². The van der Waals surface area contributed by atoms with Gasteiger partial charge in [0, 0.05) is 22.3 Å². The molecule has 4 nitrogen and oxygen atoms in total. The van der Waals surface area contributed by atoms with Gasteiger partial charge in [0.15, 0.2) is 17.3 Å². The summed E-state index contributed by atoms with van der Waals surface area (Å²) in [6.07, 6.45) is 3.99. The largest absolute Gasteiger partial charge is 0.493 e. The molecule has 1 aliphatic rings. The molecule has 1 aromatic carbocycles. The van der Waals surface area contributed by atoms with Crippen molar-refractivity contribution in [1.29, 1.82) is 0 Å². The molecule has 0 saturated carbocycles. The van der Waals surface area contributed by atoms with Gasteiger partial charge >= 0.3 is 0 Å². The van der Waals surface area contributed by atoms with Gasteiger partial charge in [-0.05, 0) is 37.8 Å². The van der Waals surface area contributed by atoms with Gasteiger partial charge in [0.1, 0.15) is 0 Å². The number of aromatic nitrogens is 3. The van der Waals surface area contributed by atoms with E-state index < -0.39 is 11.6 Å². The highest BCUT2D eigenvalue weighted by atomic mass is 32.2. The number of hydrogen-bond donors (Lipinski definition) is 1. The van der Waals surface area contributed by atoms with Crippen molar-refractivity contribution in [3.63, 3.8) is 0 Å². The van der Waals surface area contributed by atoms with Gasteiger partial charge in [0.2, 0.25) is 5.88 Å². The van der Waals surface area contributed by atoms with E-state index in [1.807, 2.05) is 0 Å². The van der Waals surface area contributed by atoms with Crippen LogP contribution in [0.4, 0.5) is 8.78 Å². The van der Waals surface area contributed by atoms with E-state index in [0.29, 0.717) is 17.1 Å². The van der Waals surface area contributed by atoms with Crippen LogP contribution in [0.15, 0.2) is 29.2 Å². The Morgan fingerprint density at radius 3 is 2.92 bits per heavy atom. The first-order valence-corrected chi connectivity index (χ1v) is 8.78. The predicted molar refractivity (Wildman–Crippen MR) is 87.2 cm³/mol. The van der Waals surface area contributed by atoms with Gasteiger partial charge in [-0.3, -0.25) is 0 Å². The number of benzene rings is 1. The Bertz CT molecular complexity index is 926. The summed E-state index contributed by atoms with van der Waals surface area (Å²) in [7, 11) is 0. The maximum Gasteiger partial charge on any atom is 0.215 e. The average molecular weight is 347 g/mol. The molecule has 1 aliphatic carbocycles. The average Bonchev–Trinajstić information content (AvgIpc) is 2.96. The maximum absolute atomic E-state index is 13.7. The summed E-state index contributed by atoms with van der Waals surface area (Å²) < 4.78 is 28.5. The zero-order valence-electron chi connectivity index (χ0n) is 12.8. The molecule has 0 amide bonds. The number of hydrogen-bond acceptors (Lipinski definition) is 4. The Hall–Kier alpha value is -2.15. The molecule has 3 aromatic rings. The lowest BCUT2D eigenvalue weighted by molar-refractivity contribution is 0.433. The Morgan fingerprint density at radius 1 is 1.21 bits per heavy atom. The van der Waals surface area contributed by atoms with E-state index in [-0.39, 0.29) is 10.8 Å². The zero-order valence-corrected chi connectivity index (χ0v) is 13.6. The third kappa shape index (κ3) is 2.62. The Morgan fingerprint density at radius 2 is 2.04 bits per heavy atom. The summed E-state index contributed by atoms with van der Waals surface area (Å²) in [6.45, 7) is 0. The number of aromatic hydroxyl groups is 1. The molecule has 0 bridgehead atoms. The van der Waals surface area contributed by atoms with Gasteiger partial charge in [0.25, 0.3) is 0 Å². The van der Waals surface area contributed by atoms with E-state index in [2.05, 4.69) is 10.1 Å². The Kier molecular flexibility index (Phi) is 3.88. The predicted octanol–water partition coefficient (Wildman–Crippen LogP) is 3.88. The minimum atomic E-state index is -0.865. The fraction of sp³-hybridized carbons (Fsp3) is 0.294. The highest BCUT2D eigenvalue weighted by Gasteiger charge is 2.20. The minimum absolute atomic E-state index is 0.0183. The quantitative estimate of drug-likeness (QED) is 0.731. The van der Waals surface area contributed by atoms with Crippen LogP contribution in [-0.4, -0.2) is 19.7 Å². The first kappa shape index (κ1) is 15.4. The molecule has 0 fully saturated rings.